The SMILES string of the molecule is C=C(N[C@@H]1C[C@H](C)N(C(C)=O)c2ccc(-c3cccc(NC(C)=O)c3)cc21)c1ccc(OC)cc1. The molecule has 3 aromatic rings. The maximum Gasteiger partial charge on any atom is 0.224 e. The second kappa shape index (κ2) is 10.1. The van der Waals surface area contributed by atoms with Crippen molar-refractivity contribution >= 4 is 28.9 Å². The molecule has 0 aliphatic carbocycles. The molecule has 0 radical (unpaired) electrons. The van der Waals surface area contributed by atoms with Gasteiger partial charge in [-0.1, -0.05) is 24.8 Å². The van der Waals surface area contributed by atoms with Gasteiger partial charge in [-0.05, 0) is 84.1 Å². The number of ether oxygens (including phenoxy) is 1. The van der Waals surface area contributed by atoms with Gasteiger partial charge in [0.15, 0.2) is 0 Å². The second-order valence-corrected chi connectivity index (χ2v) is 8.91. The zero-order valence-electron chi connectivity index (χ0n) is 20.6. The third-order valence-electron chi connectivity index (χ3n) is 6.32. The van der Waals surface area contributed by atoms with E-state index in [-0.39, 0.29) is 23.9 Å². The first-order chi connectivity index (χ1) is 16.8. The maximum absolute atomic E-state index is 12.5. The van der Waals surface area contributed by atoms with E-state index in [9.17, 15) is 9.59 Å². The van der Waals surface area contributed by atoms with Crippen LogP contribution in [-0.2, 0) is 9.59 Å². The quantitative estimate of drug-likeness (QED) is 0.481. The summed E-state index contributed by atoms with van der Waals surface area (Å²) in [5.74, 6) is 0.702. The molecule has 0 unspecified atom stereocenters. The normalized spacial score (nSPS) is 16.7. The summed E-state index contributed by atoms with van der Waals surface area (Å²) in [6, 6.07) is 21.7. The monoisotopic (exact) mass is 469 g/mol. The minimum absolute atomic E-state index is 0.0200. The van der Waals surface area contributed by atoms with E-state index in [1.165, 1.54) is 6.92 Å². The molecule has 3 aromatic carbocycles. The Morgan fingerprint density at radius 2 is 1.71 bits per heavy atom. The fraction of sp³-hybridized carbons (Fsp3) is 0.241. The predicted octanol–water partition coefficient (Wildman–Crippen LogP) is 5.77. The van der Waals surface area contributed by atoms with E-state index in [0.717, 1.165) is 51.5 Å². The van der Waals surface area contributed by atoms with Gasteiger partial charge in [0.05, 0.1) is 13.2 Å². The third-order valence-corrected chi connectivity index (χ3v) is 6.32. The predicted molar refractivity (Wildman–Crippen MR) is 141 cm³/mol. The van der Waals surface area contributed by atoms with Gasteiger partial charge in [0.1, 0.15) is 5.75 Å². The fourth-order valence-corrected chi connectivity index (χ4v) is 4.73. The smallest absolute Gasteiger partial charge is 0.224 e. The second-order valence-electron chi connectivity index (χ2n) is 8.91. The van der Waals surface area contributed by atoms with Crippen molar-refractivity contribution in [3.63, 3.8) is 0 Å². The van der Waals surface area contributed by atoms with Gasteiger partial charge in [0.25, 0.3) is 0 Å². The Kier molecular flexibility index (Phi) is 6.92. The molecule has 1 heterocycles. The molecule has 180 valence electrons. The zero-order valence-corrected chi connectivity index (χ0v) is 20.6. The zero-order chi connectivity index (χ0) is 25.1. The topological polar surface area (TPSA) is 70.7 Å². The van der Waals surface area contributed by atoms with Crippen LogP contribution in [0.4, 0.5) is 11.4 Å². The number of fused-ring (bicyclic) bond motifs is 1. The van der Waals surface area contributed by atoms with Gasteiger partial charge in [0, 0.05) is 37.0 Å². The molecule has 0 fully saturated rings. The number of amides is 2. The number of hydrogen-bond donors (Lipinski definition) is 2. The largest absolute Gasteiger partial charge is 0.497 e. The van der Waals surface area contributed by atoms with Crippen molar-refractivity contribution in [3.8, 4) is 16.9 Å². The minimum Gasteiger partial charge on any atom is -0.497 e. The number of hydrogen-bond acceptors (Lipinski definition) is 4. The molecule has 6 nitrogen and oxygen atoms in total. The molecule has 0 aromatic heterocycles. The number of methoxy groups -OCH3 is 1. The number of anilines is 2. The van der Waals surface area contributed by atoms with Crippen LogP contribution >= 0.6 is 0 Å². The molecule has 1 aliphatic rings. The molecule has 35 heavy (non-hydrogen) atoms. The molecule has 0 spiro atoms. The van der Waals surface area contributed by atoms with Crippen LogP contribution in [-0.4, -0.2) is 25.0 Å². The highest BCUT2D eigenvalue weighted by atomic mass is 16.5. The summed E-state index contributed by atoms with van der Waals surface area (Å²) >= 11 is 0. The number of rotatable bonds is 6. The van der Waals surface area contributed by atoms with Crippen molar-refractivity contribution < 1.29 is 14.3 Å². The van der Waals surface area contributed by atoms with Crippen LogP contribution in [0, 0.1) is 0 Å². The minimum atomic E-state index is -0.111. The van der Waals surface area contributed by atoms with Gasteiger partial charge >= 0.3 is 0 Å². The molecule has 6 heteroatoms. The molecular weight excluding hydrogens is 438 g/mol. The van der Waals surface area contributed by atoms with Gasteiger partial charge < -0.3 is 20.3 Å². The highest BCUT2D eigenvalue weighted by Crippen LogP contribution is 2.40. The first-order valence-electron chi connectivity index (χ1n) is 11.7. The summed E-state index contributed by atoms with van der Waals surface area (Å²) in [5, 5.41) is 6.45. The molecule has 0 saturated heterocycles. The average Bonchev–Trinajstić information content (AvgIpc) is 2.83. The van der Waals surface area contributed by atoms with E-state index in [1.807, 2.05) is 65.6 Å². The van der Waals surface area contributed by atoms with Gasteiger partial charge in [-0.3, -0.25) is 9.59 Å². The molecule has 4 rings (SSSR count). The number of nitrogens with zero attached hydrogens (tertiary/aromatic N) is 1. The Labute approximate surface area is 206 Å². The van der Waals surface area contributed by atoms with Crippen LogP contribution in [0.1, 0.15) is 44.4 Å². The van der Waals surface area contributed by atoms with Gasteiger partial charge in [-0.25, -0.2) is 0 Å². The van der Waals surface area contributed by atoms with Crippen molar-refractivity contribution in [1.82, 2.24) is 5.32 Å². The highest BCUT2D eigenvalue weighted by Gasteiger charge is 2.33. The molecular formula is C29H31N3O3. The van der Waals surface area contributed by atoms with E-state index in [2.05, 4.69) is 30.2 Å². The Bertz CT molecular complexity index is 1270. The Balaban J connectivity index is 1.71. The van der Waals surface area contributed by atoms with E-state index < -0.39 is 0 Å². The lowest BCUT2D eigenvalue weighted by Gasteiger charge is -2.40. The van der Waals surface area contributed by atoms with Crippen molar-refractivity contribution in [1.29, 1.82) is 0 Å². The Morgan fingerprint density at radius 3 is 2.37 bits per heavy atom. The standard InChI is InChI=1S/C29H31N3O3/c1-18-15-28(30-19(2)22-9-12-26(35-5)13-10-22)27-17-24(11-14-29(27)32(18)21(4)34)23-7-6-8-25(16-23)31-20(3)33/h6-14,16-18,28,30H,2,15H2,1,3-5H3,(H,31,33)/t18-,28+/m0/s1. The highest BCUT2D eigenvalue weighted by molar-refractivity contribution is 5.94. The lowest BCUT2D eigenvalue weighted by molar-refractivity contribution is -0.117. The first-order valence-corrected chi connectivity index (χ1v) is 11.7. The van der Waals surface area contributed by atoms with E-state index >= 15 is 0 Å². The lowest BCUT2D eigenvalue weighted by Crippen LogP contribution is -2.44. The van der Waals surface area contributed by atoms with Crippen LogP contribution in [0.3, 0.4) is 0 Å². The van der Waals surface area contributed by atoms with Gasteiger partial charge in [-0.2, -0.15) is 0 Å². The van der Waals surface area contributed by atoms with Gasteiger partial charge in [0.2, 0.25) is 11.8 Å². The van der Waals surface area contributed by atoms with E-state index in [1.54, 1.807) is 14.0 Å². The third kappa shape index (κ3) is 5.22. The lowest BCUT2D eigenvalue weighted by atomic mass is 9.88. The van der Waals surface area contributed by atoms with E-state index in [0.29, 0.717) is 0 Å². The fourth-order valence-electron chi connectivity index (χ4n) is 4.73. The van der Waals surface area contributed by atoms with Crippen LogP contribution in [0.2, 0.25) is 0 Å². The summed E-state index contributed by atoms with van der Waals surface area (Å²) in [6.07, 6.45) is 0.747. The number of benzene rings is 3. The Morgan fingerprint density at radius 1 is 1.00 bits per heavy atom. The summed E-state index contributed by atoms with van der Waals surface area (Å²) in [7, 11) is 1.65. The summed E-state index contributed by atoms with van der Waals surface area (Å²) in [5.41, 5.74) is 6.47. The Hall–Kier alpha value is -4.06. The first kappa shape index (κ1) is 24.1. The van der Waals surface area contributed by atoms with Crippen molar-refractivity contribution in [2.45, 2.75) is 39.3 Å². The molecule has 0 bridgehead atoms. The number of nitrogens with one attached hydrogen (secondary N) is 2. The molecule has 2 atom stereocenters. The summed E-state index contributed by atoms with van der Waals surface area (Å²) < 4.78 is 5.27. The van der Waals surface area contributed by atoms with Crippen LogP contribution in [0.15, 0.2) is 73.3 Å². The van der Waals surface area contributed by atoms with Crippen LogP contribution in [0.25, 0.3) is 16.8 Å². The molecule has 2 amide bonds. The number of carbonyl (C=O) groups excluding carboxylic acids is 2. The summed E-state index contributed by atoms with van der Waals surface area (Å²) in [6.45, 7) is 9.44. The van der Waals surface area contributed by atoms with Crippen molar-refractivity contribution in [2.75, 3.05) is 17.3 Å². The summed E-state index contributed by atoms with van der Waals surface area (Å²) in [4.78, 5) is 25.9. The maximum atomic E-state index is 12.5. The average molecular weight is 470 g/mol. The van der Waals surface area contributed by atoms with Gasteiger partial charge in [-0.15, -0.1) is 0 Å². The van der Waals surface area contributed by atoms with Crippen LogP contribution < -0.4 is 20.3 Å². The number of carbonyl (C=O) groups is 2. The molecule has 1 aliphatic heterocycles. The molecule has 2 N–H and O–H groups in total. The molecule has 0 saturated carbocycles. The van der Waals surface area contributed by atoms with Crippen molar-refractivity contribution in [3.05, 3.63) is 84.4 Å². The van der Waals surface area contributed by atoms with Crippen molar-refractivity contribution in [2.24, 2.45) is 0 Å². The van der Waals surface area contributed by atoms with Crippen LogP contribution in [0.5, 0.6) is 5.75 Å². The van der Waals surface area contributed by atoms with E-state index in [4.69, 9.17) is 4.74 Å².